The number of nitrogens with zero attached hydrogens (tertiary/aromatic N) is 1. The molecular formula is C12H19NO2. The van der Waals surface area contributed by atoms with Crippen LogP contribution >= 0.6 is 0 Å². The summed E-state index contributed by atoms with van der Waals surface area (Å²) >= 11 is 0. The van der Waals surface area contributed by atoms with Crippen LogP contribution in [0.15, 0.2) is 0 Å². The number of aliphatic hydroxyl groups excluding tert-OH is 1. The molecule has 0 aromatic rings. The van der Waals surface area contributed by atoms with Crippen LogP contribution in [0.4, 0.5) is 0 Å². The van der Waals surface area contributed by atoms with Crippen LogP contribution in [0.2, 0.25) is 0 Å². The second kappa shape index (κ2) is 3.21. The van der Waals surface area contributed by atoms with Crippen molar-refractivity contribution < 1.29 is 9.90 Å². The monoisotopic (exact) mass is 209 g/mol. The Labute approximate surface area is 90.5 Å². The molecule has 1 amide bonds. The summed E-state index contributed by atoms with van der Waals surface area (Å²) in [5.41, 5.74) is 0. The van der Waals surface area contributed by atoms with Gasteiger partial charge in [0.05, 0.1) is 12.1 Å². The Bertz CT molecular complexity index is 291. The molecule has 0 spiro atoms. The molecule has 0 aromatic carbocycles. The van der Waals surface area contributed by atoms with Crippen molar-refractivity contribution in [3.05, 3.63) is 0 Å². The van der Waals surface area contributed by atoms with Crippen molar-refractivity contribution in [1.82, 2.24) is 4.90 Å². The molecule has 3 nitrogen and oxygen atoms in total. The molecule has 5 atom stereocenters. The average molecular weight is 209 g/mol. The van der Waals surface area contributed by atoms with Crippen LogP contribution in [0, 0.1) is 17.8 Å². The fourth-order valence-corrected chi connectivity index (χ4v) is 3.95. The van der Waals surface area contributed by atoms with Gasteiger partial charge in [0.25, 0.3) is 0 Å². The highest BCUT2D eigenvalue weighted by atomic mass is 16.3. The van der Waals surface area contributed by atoms with Crippen LogP contribution < -0.4 is 0 Å². The highest BCUT2D eigenvalue weighted by Crippen LogP contribution is 2.55. The molecule has 1 N–H and O–H groups in total. The third kappa shape index (κ3) is 1.13. The maximum atomic E-state index is 12.1. The van der Waals surface area contributed by atoms with Crippen LogP contribution in [-0.2, 0) is 4.79 Å². The van der Waals surface area contributed by atoms with Crippen molar-refractivity contribution >= 4 is 5.91 Å². The van der Waals surface area contributed by atoms with Gasteiger partial charge in [-0.25, -0.2) is 0 Å². The molecule has 2 bridgehead atoms. The van der Waals surface area contributed by atoms with Gasteiger partial charge in [-0.3, -0.25) is 4.79 Å². The normalized spacial score (nSPS) is 46.9. The summed E-state index contributed by atoms with van der Waals surface area (Å²) in [5, 5.41) is 10.1. The average Bonchev–Trinajstić information content (AvgIpc) is 2.81. The molecule has 1 aliphatic heterocycles. The maximum Gasteiger partial charge on any atom is 0.226 e. The fourth-order valence-electron chi connectivity index (χ4n) is 3.95. The Morgan fingerprint density at radius 2 is 2.27 bits per heavy atom. The first-order valence-corrected chi connectivity index (χ1v) is 6.22. The predicted octanol–water partition coefficient (Wildman–Crippen LogP) is 1.01. The molecule has 0 radical (unpaired) electrons. The number of carbonyl (C=O) groups excluding carboxylic acids is 1. The summed E-state index contributed by atoms with van der Waals surface area (Å²) in [6, 6.07) is 0.174. The van der Waals surface area contributed by atoms with Crippen LogP contribution in [0.25, 0.3) is 0 Å². The predicted molar refractivity (Wildman–Crippen MR) is 56.1 cm³/mol. The van der Waals surface area contributed by atoms with Crippen molar-refractivity contribution in [3.8, 4) is 0 Å². The second-order valence-corrected chi connectivity index (χ2v) is 5.37. The molecule has 15 heavy (non-hydrogen) atoms. The number of hydrogen-bond donors (Lipinski definition) is 1. The zero-order valence-electron chi connectivity index (χ0n) is 9.22. The minimum Gasteiger partial charge on any atom is -0.391 e. The van der Waals surface area contributed by atoms with Crippen LogP contribution in [0.1, 0.15) is 32.6 Å². The van der Waals surface area contributed by atoms with Crippen molar-refractivity contribution in [3.63, 3.8) is 0 Å². The van der Waals surface area contributed by atoms with E-state index < -0.39 is 0 Å². The van der Waals surface area contributed by atoms with Crippen LogP contribution in [0.3, 0.4) is 0 Å². The number of hydrogen-bond acceptors (Lipinski definition) is 2. The molecule has 3 heteroatoms. The van der Waals surface area contributed by atoms with E-state index >= 15 is 0 Å². The summed E-state index contributed by atoms with van der Waals surface area (Å²) < 4.78 is 0. The van der Waals surface area contributed by atoms with E-state index in [9.17, 15) is 9.90 Å². The number of unbranched alkanes of at least 4 members (excludes halogenated alkanes) is 1. The topological polar surface area (TPSA) is 40.5 Å². The van der Waals surface area contributed by atoms with Gasteiger partial charge in [-0.2, -0.15) is 0 Å². The molecule has 0 aromatic heterocycles. The van der Waals surface area contributed by atoms with Crippen molar-refractivity contribution in [2.45, 2.75) is 44.8 Å². The van der Waals surface area contributed by atoms with Crippen molar-refractivity contribution in [2.75, 3.05) is 6.54 Å². The summed E-state index contributed by atoms with van der Waals surface area (Å²) in [6.07, 6.45) is 3.99. The van der Waals surface area contributed by atoms with E-state index in [0.29, 0.717) is 17.7 Å². The standard InChI is InChI=1S/C12H19NO2/c1-2-3-4-13-10-8-5-7(11(10)14)6-9(8)12(13)15/h7-11,14H,2-6H2,1H3. The molecule has 1 heterocycles. The molecular weight excluding hydrogens is 190 g/mol. The van der Waals surface area contributed by atoms with Crippen LogP contribution in [-0.4, -0.2) is 34.6 Å². The van der Waals surface area contributed by atoms with E-state index in [-0.39, 0.29) is 18.1 Å². The third-order valence-electron chi connectivity index (χ3n) is 4.63. The van der Waals surface area contributed by atoms with Crippen LogP contribution in [0.5, 0.6) is 0 Å². The quantitative estimate of drug-likeness (QED) is 0.753. The first-order chi connectivity index (χ1) is 7.24. The van der Waals surface area contributed by atoms with Gasteiger partial charge in [0.1, 0.15) is 0 Å². The highest BCUT2D eigenvalue weighted by Gasteiger charge is 2.62. The molecule has 2 aliphatic carbocycles. The summed E-state index contributed by atoms with van der Waals surface area (Å²) in [7, 11) is 0. The molecule has 3 aliphatic rings. The van der Waals surface area contributed by atoms with E-state index in [1.54, 1.807) is 0 Å². The molecule has 1 saturated heterocycles. The van der Waals surface area contributed by atoms with E-state index in [0.717, 1.165) is 32.2 Å². The fraction of sp³-hybridized carbons (Fsp3) is 0.917. The smallest absolute Gasteiger partial charge is 0.226 e. The molecule has 3 fully saturated rings. The molecule has 5 unspecified atom stereocenters. The van der Waals surface area contributed by atoms with E-state index in [2.05, 4.69) is 6.92 Å². The van der Waals surface area contributed by atoms with Crippen molar-refractivity contribution in [2.24, 2.45) is 17.8 Å². The van der Waals surface area contributed by atoms with E-state index in [1.165, 1.54) is 0 Å². The summed E-state index contributed by atoms with van der Waals surface area (Å²) in [6.45, 7) is 3.00. The molecule has 3 rings (SSSR count). The Morgan fingerprint density at radius 3 is 2.93 bits per heavy atom. The van der Waals surface area contributed by atoms with Gasteiger partial charge in [0.2, 0.25) is 5.91 Å². The lowest BCUT2D eigenvalue weighted by Crippen LogP contribution is -2.42. The number of aliphatic hydroxyl groups is 1. The summed E-state index contributed by atoms with van der Waals surface area (Å²) in [5.74, 6) is 1.49. The number of amides is 1. The van der Waals surface area contributed by atoms with Gasteiger partial charge >= 0.3 is 0 Å². The van der Waals surface area contributed by atoms with Gasteiger partial charge in [0.15, 0.2) is 0 Å². The van der Waals surface area contributed by atoms with Gasteiger partial charge in [-0.05, 0) is 31.1 Å². The minimum absolute atomic E-state index is 0.174. The second-order valence-electron chi connectivity index (χ2n) is 5.37. The zero-order chi connectivity index (χ0) is 10.6. The van der Waals surface area contributed by atoms with E-state index in [1.807, 2.05) is 4.90 Å². The van der Waals surface area contributed by atoms with Gasteiger partial charge in [0, 0.05) is 12.5 Å². The number of carbonyl (C=O) groups is 1. The minimum atomic E-state index is -0.227. The maximum absolute atomic E-state index is 12.1. The number of rotatable bonds is 3. The van der Waals surface area contributed by atoms with Gasteiger partial charge in [-0.15, -0.1) is 0 Å². The first kappa shape index (κ1) is 9.64. The Balaban J connectivity index is 1.82. The first-order valence-electron chi connectivity index (χ1n) is 6.22. The lowest BCUT2D eigenvalue weighted by molar-refractivity contribution is -0.132. The van der Waals surface area contributed by atoms with Gasteiger partial charge < -0.3 is 10.0 Å². The largest absolute Gasteiger partial charge is 0.391 e. The third-order valence-corrected chi connectivity index (χ3v) is 4.63. The lowest BCUT2D eigenvalue weighted by Gasteiger charge is -2.28. The zero-order valence-corrected chi connectivity index (χ0v) is 9.22. The van der Waals surface area contributed by atoms with Gasteiger partial charge in [-0.1, -0.05) is 13.3 Å². The highest BCUT2D eigenvalue weighted by molar-refractivity contribution is 5.83. The SMILES string of the molecule is CCCCN1C(=O)C2CC3CC2C1C3O. The van der Waals surface area contributed by atoms with E-state index in [4.69, 9.17) is 0 Å². The summed E-state index contributed by atoms with van der Waals surface area (Å²) in [4.78, 5) is 14.1. The van der Waals surface area contributed by atoms with Crippen molar-refractivity contribution in [1.29, 1.82) is 0 Å². The molecule has 2 saturated carbocycles. The lowest BCUT2D eigenvalue weighted by atomic mass is 9.88. The molecule has 84 valence electrons. The number of fused-ring (bicyclic) bond motifs is 1. The Hall–Kier alpha value is -0.570. The Morgan fingerprint density at radius 1 is 1.47 bits per heavy atom. The Kier molecular flexibility index (Phi) is 2.06. The number of likely N-dealkylation sites (tertiary alicyclic amines) is 1.